The van der Waals surface area contributed by atoms with Crippen molar-refractivity contribution >= 4 is 23.2 Å². The minimum Gasteiger partial charge on any atom is -0.333 e. The van der Waals surface area contributed by atoms with Crippen molar-refractivity contribution in [2.45, 2.75) is 32.5 Å². The van der Waals surface area contributed by atoms with Crippen molar-refractivity contribution in [1.29, 1.82) is 0 Å². The third-order valence-electron chi connectivity index (χ3n) is 5.89. The molecule has 164 valence electrons. The zero-order valence-corrected chi connectivity index (χ0v) is 18.5. The second kappa shape index (κ2) is 9.14. The molecule has 1 aliphatic rings. The number of aromatic nitrogens is 4. The number of halogens is 1. The summed E-state index contributed by atoms with van der Waals surface area (Å²) in [5.41, 5.74) is 4.58. The fourth-order valence-electron chi connectivity index (χ4n) is 4.23. The highest BCUT2D eigenvalue weighted by Gasteiger charge is 2.26. The molecule has 3 aromatic heterocycles. The van der Waals surface area contributed by atoms with Crippen LogP contribution >= 0.6 is 11.6 Å². The lowest BCUT2D eigenvalue weighted by Crippen LogP contribution is -2.37. The number of aryl methyl sites for hydroxylation is 1. The van der Waals surface area contributed by atoms with E-state index < -0.39 is 0 Å². The highest BCUT2D eigenvalue weighted by atomic mass is 35.5. The smallest absolute Gasteiger partial charge is 0.274 e. The zero-order valence-electron chi connectivity index (χ0n) is 17.7. The van der Waals surface area contributed by atoms with Gasteiger partial charge < -0.3 is 14.6 Å². The average Bonchev–Trinajstić information content (AvgIpc) is 3.46. The van der Waals surface area contributed by atoms with Gasteiger partial charge in [-0.15, -0.1) is 0 Å². The summed E-state index contributed by atoms with van der Waals surface area (Å²) in [7, 11) is 0. The first-order chi connectivity index (χ1) is 15.7. The maximum absolute atomic E-state index is 13.5. The second-order valence-corrected chi connectivity index (χ2v) is 8.46. The minimum atomic E-state index is -0.0346. The van der Waals surface area contributed by atoms with Gasteiger partial charge in [-0.3, -0.25) is 9.48 Å². The SMILES string of the molecule is O=C(c1nc2ccc(Cl)cn2c1CNCCCn1cccn1)N1CCc2ccccc2C1. The summed E-state index contributed by atoms with van der Waals surface area (Å²) in [5, 5.41) is 8.30. The summed E-state index contributed by atoms with van der Waals surface area (Å²) in [6.45, 7) is 3.49. The molecule has 0 unspecified atom stereocenters. The summed E-state index contributed by atoms with van der Waals surface area (Å²) >= 11 is 6.25. The van der Waals surface area contributed by atoms with Crippen LogP contribution in [0.1, 0.15) is 33.7 Å². The molecule has 0 spiro atoms. The van der Waals surface area contributed by atoms with Gasteiger partial charge in [0.2, 0.25) is 0 Å². The van der Waals surface area contributed by atoms with Gasteiger partial charge in [0, 0.05) is 44.8 Å². The monoisotopic (exact) mass is 448 g/mol. The molecular formula is C24H25ClN6O. The van der Waals surface area contributed by atoms with Gasteiger partial charge in [-0.25, -0.2) is 4.98 Å². The van der Waals surface area contributed by atoms with E-state index in [0.29, 0.717) is 30.4 Å². The van der Waals surface area contributed by atoms with E-state index >= 15 is 0 Å². The van der Waals surface area contributed by atoms with Crippen molar-refractivity contribution in [2.24, 2.45) is 0 Å². The normalized spacial score (nSPS) is 13.5. The minimum absolute atomic E-state index is 0.0346. The first kappa shape index (κ1) is 20.7. The largest absolute Gasteiger partial charge is 0.333 e. The lowest BCUT2D eigenvalue weighted by Gasteiger charge is -2.28. The van der Waals surface area contributed by atoms with Gasteiger partial charge in [0.05, 0.1) is 10.7 Å². The number of pyridine rings is 1. The molecule has 4 heterocycles. The number of nitrogens with zero attached hydrogens (tertiary/aromatic N) is 5. The van der Waals surface area contributed by atoms with Gasteiger partial charge >= 0.3 is 0 Å². The number of benzene rings is 1. The molecule has 7 nitrogen and oxygen atoms in total. The maximum atomic E-state index is 13.5. The molecule has 1 amide bonds. The van der Waals surface area contributed by atoms with E-state index in [4.69, 9.17) is 11.6 Å². The number of hydrogen-bond acceptors (Lipinski definition) is 4. The number of carbonyl (C=O) groups excluding carboxylic acids is 1. The van der Waals surface area contributed by atoms with E-state index in [2.05, 4.69) is 33.6 Å². The van der Waals surface area contributed by atoms with Gasteiger partial charge in [0.15, 0.2) is 5.69 Å². The molecule has 1 aromatic carbocycles. The van der Waals surface area contributed by atoms with E-state index in [1.807, 2.05) is 44.6 Å². The Balaban J connectivity index is 1.34. The van der Waals surface area contributed by atoms with Gasteiger partial charge in [-0.05, 0) is 48.7 Å². The van der Waals surface area contributed by atoms with Crippen molar-refractivity contribution in [2.75, 3.05) is 13.1 Å². The molecule has 0 radical (unpaired) electrons. The van der Waals surface area contributed by atoms with E-state index in [1.54, 1.807) is 12.3 Å². The molecule has 0 bridgehead atoms. The van der Waals surface area contributed by atoms with Crippen LogP contribution in [0.4, 0.5) is 0 Å². The van der Waals surface area contributed by atoms with Crippen LogP contribution in [0.2, 0.25) is 5.02 Å². The van der Waals surface area contributed by atoms with E-state index in [9.17, 15) is 4.79 Å². The van der Waals surface area contributed by atoms with Gasteiger partial charge in [0.1, 0.15) is 5.65 Å². The molecule has 5 rings (SSSR count). The number of amides is 1. The lowest BCUT2D eigenvalue weighted by atomic mass is 9.99. The van der Waals surface area contributed by atoms with Crippen LogP contribution in [-0.2, 0) is 26.1 Å². The Kier molecular flexibility index (Phi) is 5.92. The molecule has 8 heteroatoms. The van der Waals surface area contributed by atoms with E-state index in [-0.39, 0.29) is 5.91 Å². The summed E-state index contributed by atoms with van der Waals surface area (Å²) in [6.07, 6.45) is 7.37. The first-order valence-corrected chi connectivity index (χ1v) is 11.3. The summed E-state index contributed by atoms with van der Waals surface area (Å²) < 4.78 is 3.84. The highest BCUT2D eigenvalue weighted by Crippen LogP contribution is 2.23. The van der Waals surface area contributed by atoms with E-state index in [0.717, 1.165) is 37.3 Å². The number of fused-ring (bicyclic) bond motifs is 2. The van der Waals surface area contributed by atoms with Crippen LogP contribution in [0.5, 0.6) is 0 Å². The van der Waals surface area contributed by atoms with Crippen LogP contribution in [0, 0.1) is 0 Å². The van der Waals surface area contributed by atoms with Gasteiger partial charge in [-0.1, -0.05) is 35.9 Å². The Bertz CT molecular complexity index is 1230. The van der Waals surface area contributed by atoms with Crippen molar-refractivity contribution in [1.82, 2.24) is 29.4 Å². The van der Waals surface area contributed by atoms with Crippen LogP contribution in [0.15, 0.2) is 61.1 Å². The maximum Gasteiger partial charge on any atom is 0.274 e. The standard InChI is InChI=1S/C24H25ClN6O/c25-20-7-8-22-28-23(24(32)29-14-9-18-5-1-2-6-19(18)16-29)21(31(22)17-20)15-26-10-3-12-30-13-4-11-27-30/h1-2,4-8,11,13,17,26H,3,9-10,12,14-16H2. The molecule has 0 saturated carbocycles. The predicted octanol–water partition coefficient (Wildman–Crippen LogP) is 3.56. The fourth-order valence-corrected chi connectivity index (χ4v) is 4.39. The number of nitrogens with one attached hydrogen (secondary N) is 1. The van der Waals surface area contributed by atoms with Crippen molar-refractivity contribution in [3.8, 4) is 0 Å². The van der Waals surface area contributed by atoms with E-state index in [1.165, 1.54) is 11.1 Å². The Labute approximate surface area is 191 Å². The van der Waals surface area contributed by atoms with Crippen LogP contribution in [-0.4, -0.2) is 43.1 Å². The molecule has 32 heavy (non-hydrogen) atoms. The number of imidazole rings is 1. The molecular weight excluding hydrogens is 424 g/mol. The molecule has 0 fully saturated rings. The van der Waals surface area contributed by atoms with Crippen LogP contribution in [0.25, 0.3) is 5.65 Å². The fraction of sp³-hybridized carbons (Fsp3) is 0.292. The Hall–Kier alpha value is -3.16. The molecule has 4 aromatic rings. The summed E-state index contributed by atoms with van der Waals surface area (Å²) in [5.74, 6) is -0.0346. The summed E-state index contributed by atoms with van der Waals surface area (Å²) in [4.78, 5) is 20.1. The first-order valence-electron chi connectivity index (χ1n) is 10.9. The highest BCUT2D eigenvalue weighted by molar-refractivity contribution is 6.30. The molecule has 1 N–H and O–H groups in total. The zero-order chi connectivity index (χ0) is 21.9. The Morgan fingerprint density at radius 2 is 2.00 bits per heavy atom. The number of hydrogen-bond donors (Lipinski definition) is 1. The Morgan fingerprint density at radius 3 is 2.84 bits per heavy atom. The summed E-state index contributed by atoms with van der Waals surface area (Å²) in [6, 6.07) is 13.9. The molecule has 0 atom stereocenters. The predicted molar refractivity (Wildman–Crippen MR) is 124 cm³/mol. The molecule has 0 saturated heterocycles. The number of carbonyl (C=O) groups is 1. The quantitative estimate of drug-likeness (QED) is 0.439. The molecule has 0 aliphatic carbocycles. The van der Waals surface area contributed by atoms with Gasteiger partial charge in [-0.2, -0.15) is 5.10 Å². The average molecular weight is 449 g/mol. The molecule has 1 aliphatic heterocycles. The lowest BCUT2D eigenvalue weighted by molar-refractivity contribution is 0.0728. The van der Waals surface area contributed by atoms with Crippen molar-refractivity contribution < 1.29 is 4.79 Å². The Morgan fingerprint density at radius 1 is 1.12 bits per heavy atom. The van der Waals surface area contributed by atoms with Crippen molar-refractivity contribution in [3.63, 3.8) is 0 Å². The van der Waals surface area contributed by atoms with Crippen LogP contribution < -0.4 is 5.32 Å². The van der Waals surface area contributed by atoms with Crippen molar-refractivity contribution in [3.05, 3.63) is 88.6 Å². The van der Waals surface area contributed by atoms with Gasteiger partial charge in [0.25, 0.3) is 5.91 Å². The number of rotatable bonds is 7. The third kappa shape index (κ3) is 4.26. The third-order valence-corrected chi connectivity index (χ3v) is 6.12. The topological polar surface area (TPSA) is 67.5 Å². The van der Waals surface area contributed by atoms with Crippen LogP contribution in [0.3, 0.4) is 0 Å². The second-order valence-electron chi connectivity index (χ2n) is 8.03.